The number of nitrogens with zero attached hydrogens (tertiary/aromatic N) is 1. The number of benzene rings is 1. The maximum absolute atomic E-state index is 12.9. The Hall–Kier alpha value is -0.580. The molecule has 1 aromatic rings. The van der Waals surface area contributed by atoms with Gasteiger partial charge in [-0.2, -0.15) is 4.31 Å². The summed E-state index contributed by atoms with van der Waals surface area (Å²) in [6.45, 7) is 6.41. The molecular formula is C15H22ClNO2S. The van der Waals surface area contributed by atoms with E-state index in [0.717, 1.165) is 36.0 Å². The SMILES string of the molecule is CCCN(C1CC1)S(=O)(=O)c1cc(CCl)cc(C)c1C. The van der Waals surface area contributed by atoms with Crippen LogP contribution in [-0.4, -0.2) is 25.3 Å². The highest BCUT2D eigenvalue weighted by Crippen LogP contribution is 2.34. The highest BCUT2D eigenvalue weighted by Gasteiger charge is 2.38. The third-order valence-electron chi connectivity index (χ3n) is 3.82. The van der Waals surface area contributed by atoms with Crippen molar-refractivity contribution in [1.29, 1.82) is 0 Å². The van der Waals surface area contributed by atoms with Gasteiger partial charge in [-0.05, 0) is 55.9 Å². The van der Waals surface area contributed by atoms with Crippen molar-refractivity contribution in [2.75, 3.05) is 6.54 Å². The number of alkyl halides is 1. The first kappa shape index (κ1) is 15.8. The Morgan fingerprint density at radius 3 is 2.45 bits per heavy atom. The third-order valence-corrected chi connectivity index (χ3v) is 6.21. The molecule has 1 aliphatic carbocycles. The Kier molecular flexibility index (Phi) is 4.77. The predicted molar refractivity (Wildman–Crippen MR) is 82.7 cm³/mol. The molecule has 0 aromatic heterocycles. The zero-order valence-electron chi connectivity index (χ0n) is 12.3. The fraction of sp³-hybridized carbons (Fsp3) is 0.600. The van der Waals surface area contributed by atoms with Gasteiger partial charge in [0.25, 0.3) is 0 Å². The summed E-state index contributed by atoms with van der Waals surface area (Å²) in [5.41, 5.74) is 2.68. The van der Waals surface area contributed by atoms with Crippen LogP contribution in [0.2, 0.25) is 0 Å². The van der Waals surface area contributed by atoms with E-state index >= 15 is 0 Å². The maximum atomic E-state index is 12.9. The number of hydrogen-bond acceptors (Lipinski definition) is 2. The lowest BCUT2D eigenvalue weighted by Crippen LogP contribution is -2.34. The lowest BCUT2D eigenvalue weighted by molar-refractivity contribution is 0.403. The third kappa shape index (κ3) is 3.02. The van der Waals surface area contributed by atoms with E-state index in [-0.39, 0.29) is 6.04 Å². The van der Waals surface area contributed by atoms with Crippen LogP contribution in [-0.2, 0) is 15.9 Å². The van der Waals surface area contributed by atoms with Crippen LogP contribution in [0.5, 0.6) is 0 Å². The van der Waals surface area contributed by atoms with Crippen LogP contribution in [0.25, 0.3) is 0 Å². The molecule has 0 atom stereocenters. The van der Waals surface area contributed by atoms with Gasteiger partial charge >= 0.3 is 0 Å². The lowest BCUT2D eigenvalue weighted by atomic mass is 10.1. The second-order valence-electron chi connectivity index (χ2n) is 5.52. The quantitative estimate of drug-likeness (QED) is 0.752. The van der Waals surface area contributed by atoms with Crippen molar-refractivity contribution in [3.05, 3.63) is 28.8 Å². The second-order valence-corrected chi connectivity index (χ2v) is 7.64. The summed E-state index contributed by atoms with van der Waals surface area (Å²) in [6.07, 6.45) is 2.79. The van der Waals surface area contributed by atoms with E-state index in [1.54, 1.807) is 10.4 Å². The van der Waals surface area contributed by atoms with Crippen LogP contribution in [0, 0.1) is 13.8 Å². The van der Waals surface area contributed by atoms with Crippen molar-refractivity contribution >= 4 is 21.6 Å². The topological polar surface area (TPSA) is 37.4 Å². The van der Waals surface area contributed by atoms with Crippen molar-refractivity contribution in [3.63, 3.8) is 0 Å². The van der Waals surface area contributed by atoms with E-state index in [0.29, 0.717) is 17.3 Å². The van der Waals surface area contributed by atoms with Gasteiger partial charge in [-0.1, -0.05) is 13.0 Å². The summed E-state index contributed by atoms with van der Waals surface area (Å²) in [4.78, 5) is 0.425. The minimum Gasteiger partial charge on any atom is -0.207 e. The van der Waals surface area contributed by atoms with E-state index < -0.39 is 10.0 Å². The smallest absolute Gasteiger partial charge is 0.207 e. The van der Waals surface area contributed by atoms with Crippen molar-refractivity contribution in [2.45, 2.75) is 56.9 Å². The number of halogens is 1. The Balaban J connectivity index is 2.49. The molecule has 0 saturated heterocycles. The number of sulfonamides is 1. The van der Waals surface area contributed by atoms with Crippen LogP contribution >= 0.6 is 11.6 Å². The molecule has 0 heterocycles. The first-order valence-corrected chi connectivity index (χ1v) is 9.07. The molecule has 0 bridgehead atoms. The van der Waals surface area contributed by atoms with Gasteiger partial charge in [0.15, 0.2) is 0 Å². The molecule has 5 heteroatoms. The van der Waals surface area contributed by atoms with E-state index in [1.807, 2.05) is 26.8 Å². The number of hydrogen-bond donors (Lipinski definition) is 0. The molecule has 1 saturated carbocycles. The van der Waals surface area contributed by atoms with Gasteiger partial charge in [0, 0.05) is 18.5 Å². The largest absolute Gasteiger partial charge is 0.243 e. The predicted octanol–water partition coefficient (Wildman–Crippen LogP) is 3.61. The first-order valence-electron chi connectivity index (χ1n) is 7.09. The van der Waals surface area contributed by atoms with Gasteiger partial charge in [0.05, 0.1) is 4.90 Å². The Morgan fingerprint density at radius 2 is 1.95 bits per heavy atom. The zero-order valence-corrected chi connectivity index (χ0v) is 13.9. The van der Waals surface area contributed by atoms with Crippen LogP contribution in [0.1, 0.15) is 42.9 Å². The fourth-order valence-corrected chi connectivity index (χ4v) is 4.73. The van der Waals surface area contributed by atoms with Crippen molar-refractivity contribution in [2.24, 2.45) is 0 Å². The minimum absolute atomic E-state index is 0.194. The van der Waals surface area contributed by atoms with Crippen molar-refractivity contribution in [3.8, 4) is 0 Å². The van der Waals surface area contributed by atoms with Gasteiger partial charge in [-0.3, -0.25) is 0 Å². The standard InChI is InChI=1S/C15H22ClNO2S/c1-4-7-17(14-5-6-14)20(18,19)15-9-13(10-16)8-11(2)12(15)3/h8-9,14H,4-7,10H2,1-3H3. The number of rotatable bonds is 6. The average molecular weight is 316 g/mol. The summed E-state index contributed by atoms with van der Waals surface area (Å²) in [5.74, 6) is 0.334. The first-order chi connectivity index (χ1) is 9.41. The van der Waals surface area contributed by atoms with Crippen molar-refractivity contribution in [1.82, 2.24) is 4.31 Å². The molecule has 3 nitrogen and oxygen atoms in total. The van der Waals surface area contributed by atoms with Gasteiger partial charge in [-0.25, -0.2) is 8.42 Å². The molecule has 112 valence electrons. The maximum Gasteiger partial charge on any atom is 0.243 e. The van der Waals surface area contributed by atoms with Crippen LogP contribution in [0.15, 0.2) is 17.0 Å². The molecule has 0 aliphatic heterocycles. The van der Waals surface area contributed by atoms with Gasteiger partial charge in [0.2, 0.25) is 10.0 Å². The Labute approximate surface area is 127 Å². The summed E-state index contributed by atoms with van der Waals surface area (Å²) in [5, 5.41) is 0. The molecule has 1 aliphatic rings. The van der Waals surface area contributed by atoms with E-state index in [1.165, 1.54) is 0 Å². The lowest BCUT2D eigenvalue weighted by Gasteiger charge is -2.23. The highest BCUT2D eigenvalue weighted by molar-refractivity contribution is 7.89. The summed E-state index contributed by atoms with van der Waals surface area (Å²) in [7, 11) is -3.41. The van der Waals surface area contributed by atoms with E-state index in [2.05, 4.69) is 0 Å². The second kappa shape index (κ2) is 6.04. The van der Waals surface area contributed by atoms with Gasteiger partial charge in [-0.15, -0.1) is 11.6 Å². The minimum atomic E-state index is -3.41. The summed E-state index contributed by atoms with van der Waals surface area (Å²) >= 11 is 5.88. The van der Waals surface area contributed by atoms with Gasteiger partial charge < -0.3 is 0 Å². The zero-order chi connectivity index (χ0) is 14.9. The fourth-order valence-electron chi connectivity index (χ4n) is 2.45. The number of aryl methyl sites for hydroxylation is 1. The molecular weight excluding hydrogens is 294 g/mol. The van der Waals surface area contributed by atoms with Crippen LogP contribution in [0.4, 0.5) is 0 Å². The Bertz CT molecular complexity index is 594. The normalized spacial score (nSPS) is 15.8. The molecule has 1 aromatic carbocycles. The van der Waals surface area contributed by atoms with Crippen LogP contribution < -0.4 is 0 Å². The average Bonchev–Trinajstić information content (AvgIpc) is 3.22. The molecule has 0 radical (unpaired) electrons. The molecule has 0 unspecified atom stereocenters. The Morgan fingerprint density at radius 1 is 1.30 bits per heavy atom. The van der Waals surface area contributed by atoms with E-state index in [9.17, 15) is 8.42 Å². The van der Waals surface area contributed by atoms with Crippen molar-refractivity contribution < 1.29 is 8.42 Å². The highest BCUT2D eigenvalue weighted by atomic mass is 35.5. The van der Waals surface area contributed by atoms with E-state index in [4.69, 9.17) is 11.6 Å². The molecule has 2 rings (SSSR count). The molecule has 1 fully saturated rings. The summed E-state index contributed by atoms with van der Waals surface area (Å²) < 4.78 is 27.5. The molecule has 0 spiro atoms. The monoisotopic (exact) mass is 315 g/mol. The molecule has 0 N–H and O–H groups in total. The van der Waals surface area contributed by atoms with Gasteiger partial charge in [0.1, 0.15) is 0 Å². The molecule has 0 amide bonds. The van der Waals surface area contributed by atoms with Crippen LogP contribution in [0.3, 0.4) is 0 Å². The molecule has 20 heavy (non-hydrogen) atoms. The summed E-state index contributed by atoms with van der Waals surface area (Å²) in [6, 6.07) is 3.89.